The number of aromatic nitrogens is 2. The molecule has 0 spiro atoms. The van der Waals surface area contributed by atoms with Crippen molar-refractivity contribution < 1.29 is 27.5 Å². The van der Waals surface area contributed by atoms with E-state index in [-0.39, 0.29) is 11.1 Å². The summed E-state index contributed by atoms with van der Waals surface area (Å²) >= 11 is 0. The number of alkyl halides is 3. The summed E-state index contributed by atoms with van der Waals surface area (Å²) in [5.41, 5.74) is 2.59. The molecule has 37 heavy (non-hydrogen) atoms. The van der Waals surface area contributed by atoms with Gasteiger partial charge in [0.1, 0.15) is 5.58 Å². The van der Waals surface area contributed by atoms with Crippen molar-refractivity contribution in [3.8, 4) is 0 Å². The number of hydrogen-bond donors (Lipinski definition) is 2. The second-order valence-corrected chi connectivity index (χ2v) is 8.93. The third-order valence-electron chi connectivity index (χ3n) is 6.22. The molecule has 0 bridgehead atoms. The van der Waals surface area contributed by atoms with Crippen molar-refractivity contribution >= 4 is 28.5 Å². The fourth-order valence-electron chi connectivity index (χ4n) is 4.49. The van der Waals surface area contributed by atoms with E-state index in [2.05, 4.69) is 15.3 Å². The molecule has 0 saturated heterocycles. The Balaban J connectivity index is 1.55. The van der Waals surface area contributed by atoms with Crippen molar-refractivity contribution in [2.45, 2.75) is 39.2 Å². The highest BCUT2D eigenvalue weighted by Crippen LogP contribution is 2.34. The molecule has 1 aliphatic rings. The number of nitrogens with one attached hydrogen (secondary N) is 1. The Bertz CT molecular complexity index is 1570. The van der Waals surface area contributed by atoms with Crippen LogP contribution in [0.15, 0.2) is 57.9 Å². The van der Waals surface area contributed by atoms with E-state index in [1.807, 2.05) is 29.2 Å². The lowest BCUT2D eigenvalue weighted by Crippen LogP contribution is -2.19. The van der Waals surface area contributed by atoms with Crippen LogP contribution in [0.5, 0.6) is 0 Å². The highest BCUT2D eigenvalue weighted by atomic mass is 19.4. The number of benzene rings is 2. The first-order chi connectivity index (χ1) is 17.5. The van der Waals surface area contributed by atoms with Crippen LogP contribution in [0.3, 0.4) is 0 Å². The number of rotatable bonds is 5. The summed E-state index contributed by atoms with van der Waals surface area (Å²) in [7, 11) is 0. The summed E-state index contributed by atoms with van der Waals surface area (Å²) in [6, 6.07) is 12.2. The van der Waals surface area contributed by atoms with Crippen LogP contribution in [0, 0.1) is 6.92 Å². The van der Waals surface area contributed by atoms with Crippen LogP contribution in [0.1, 0.15) is 51.5 Å². The van der Waals surface area contributed by atoms with E-state index in [1.165, 1.54) is 6.07 Å². The number of aromatic carboxylic acids is 1. The lowest BCUT2D eigenvalue weighted by molar-refractivity contribution is -0.145. The van der Waals surface area contributed by atoms with Crippen molar-refractivity contribution in [1.82, 2.24) is 9.97 Å². The summed E-state index contributed by atoms with van der Waals surface area (Å²) in [6.07, 6.45) is -4.10. The van der Waals surface area contributed by atoms with Gasteiger partial charge in [-0.05, 0) is 36.6 Å². The normalized spacial score (nSPS) is 14.0. The van der Waals surface area contributed by atoms with Gasteiger partial charge in [0.25, 0.3) is 0 Å². The van der Waals surface area contributed by atoms with Gasteiger partial charge in [0.2, 0.25) is 11.7 Å². The molecule has 0 radical (unpaired) electrons. The molecule has 3 heterocycles. The standard InChI is InChI=1S/C26H21F3N4O4/c1-13-7-17(14(2)31-19-10-30-25(26(27,28)29)32-22(19)24(35)36)23-18(8-13)20(34)9-21(37-23)33-11-15-5-3-4-6-16(15)12-33/h3-10,14,31H,11-12H2,1-2H3,(H,35,36)/t14-/m1/s1. The Hall–Kier alpha value is -4.41. The van der Waals surface area contributed by atoms with Gasteiger partial charge in [-0.25, -0.2) is 14.8 Å². The minimum absolute atomic E-state index is 0.198. The summed E-state index contributed by atoms with van der Waals surface area (Å²) in [6.45, 7) is 4.62. The Morgan fingerprint density at radius 3 is 2.46 bits per heavy atom. The lowest BCUT2D eigenvalue weighted by atomic mass is 10.0. The predicted octanol–water partition coefficient (Wildman–Crippen LogP) is 5.30. The number of halogens is 3. The topological polar surface area (TPSA) is 109 Å². The number of hydrogen-bond acceptors (Lipinski definition) is 7. The van der Waals surface area contributed by atoms with Crippen LogP contribution in [0.2, 0.25) is 0 Å². The largest absolute Gasteiger partial charge is 0.476 e. The third kappa shape index (κ3) is 4.59. The summed E-state index contributed by atoms with van der Waals surface area (Å²) in [5.74, 6) is -2.81. The zero-order chi connectivity index (χ0) is 26.5. The number of anilines is 2. The number of fused-ring (bicyclic) bond motifs is 2. The molecule has 1 atom stereocenters. The number of nitrogens with zero attached hydrogens (tertiary/aromatic N) is 3. The summed E-state index contributed by atoms with van der Waals surface area (Å²) in [5, 5.41) is 12.7. The first kappa shape index (κ1) is 24.3. The minimum Gasteiger partial charge on any atom is -0.476 e. The van der Waals surface area contributed by atoms with Gasteiger partial charge in [0.15, 0.2) is 11.1 Å². The van der Waals surface area contributed by atoms with Crippen molar-refractivity contribution in [1.29, 1.82) is 0 Å². The molecule has 5 rings (SSSR count). The molecular weight excluding hydrogens is 489 g/mol. The van der Waals surface area contributed by atoms with Crippen LogP contribution < -0.4 is 15.6 Å². The van der Waals surface area contributed by atoms with Gasteiger partial charge >= 0.3 is 12.1 Å². The van der Waals surface area contributed by atoms with E-state index in [0.29, 0.717) is 35.5 Å². The molecule has 0 aliphatic carbocycles. The Labute approximate surface area is 208 Å². The Kier molecular flexibility index (Phi) is 5.85. The highest BCUT2D eigenvalue weighted by Gasteiger charge is 2.36. The van der Waals surface area contributed by atoms with Crippen LogP contribution in [-0.4, -0.2) is 21.0 Å². The van der Waals surface area contributed by atoms with Gasteiger partial charge < -0.3 is 19.7 Å². The van der Waals surface area contributed by atoms with Gasteiger partial charge in [-0.15, -0.1) is 0 Å². The summed E-state index contributed by atoms with van der Waals surface area (Å²) in [4.78, 5) is 33.1. The molecule has 0 unspecified atom stereocenters. The highest BCUT2D eigenvalue weighted by molar-refractivity contribution is 5.92. The van der Waals surface area contributed by atoms with Crippen LogP contribution in [0.4, 0.5) is 24.7 Å². The molecular formula is C26H21F3N4O4. The second-order valence-electron chi connectivity index (χ2n) is 8.93. The average Bonchev–Trinajstić information content (AvgIpc) is 3.28. The maximum absolute atomic E-state index is 13.1. The number of carboxylic acid groups (broad SMARTS) is 1. The van der Waals surface area contributed by atoms with Crippen molar-refractivity contribution in [3.63, 3.8) is 0 Å². The third-order valence-corrected chi connectivity index (χ3v) is 6.22. The fourth-order valence-corrected chi connectivity index (χ4v) is 4.49. The van der Waals surface area contributed by atoms with Gasteiger partial charge in [0, 0.05) is 24.7 Å². The Morgan fingerprint density at radius 1 is 1.16 bits per heavy atom. The first-order valence-corrected chi connectivity index (χ1v) is 11.4. The molecule has 2 aromatic carbocycles. The van der Waals surface area contributed by atoms with Gasteiger partial charge in [-0.1, -0.05) is 30.3 Å². The number of aryl methyl sites for hydroxylation is 1. The van der Waals surface area contributed by atoms with Crippen LogP contribution >= 0.6 is 0 Å². The molecule has 2 N–H and O–H groups in total. The van der Waals surface area contributed by atoms with E-state index in [4.69, 9.17) is 4.42 Å². The molecule has 11 heteroatoms. The van der Waals surface area contributed by atoms with Crippen molar-refractivity contribution in [3.05, 3.63) is 92.7 Å². The van der Waals surface area contributed by atoms with E-state index in [1.54, 1.807) is 26.0 Å². The van der Waals surface area contributed by atoms with E-state index < -0.39 is 29.7 Å². The Morgan fingerprint density at radius 2 is 1.84 bits per heavy atom. The smallest absolute Gasteiger partial charge is 0.451 e. The number of carboxylic acids is 1. The maximum Gasteiger partial charge on any atom is 0.451 e. The molecule has 2 aromatic heterocycles. The van der Waals surface area contributed by atoms with Gasteiger partial charge in [-0.3, -0.25) is 4.79 Å². The predicted molar refractivity (Wildman–Crippen MR) is 130 cm³/mol. The second kappa shape index (κ2) is 8.91. The monoisotopic (exact) mass is 510 g/mol. The quantitative estimate of drug-likeness (QED) is 0.372. The molecule has 0 amide bonds. The van der Waals surface area contributed by atoms with Gasteiger partial charge in [0.05, 0.1) is 23.3 Å². The van der Waals surface area contributed by atoms with Crippen molar-refractivity contribution in [2.24, 2.45) is 0 Å². The number of carbonyl (C=O) groups is 1. The lowest BCUT2D eigenvalue weighted by Gasteiger charge is -2.21. The van der Waals surface area contributed by atoms with Gasteiger partial charge in [-0.2, -0.15) is 13.2 Å². The average molecular weight is 510 g/mol. The zero-order valence-electron chi connectivity index (χ0n) is 19.8. The van der Waals surface area contributed by atoms with E-state index in [0.717, 1.165) is 22.9 Å². The van der Waals surface area contributed by atoms with Crippen LogP contribution in [-0.2, 0) is 19.3 Å². The molecule has 0 saturated carbocycles. The molecule has 1 aliphatic heterocycles. The van der Waals surface area contributed by atoms with E-state index >= 15 is 0 Å². The van der Waals surface area contributed by atoms with E-state index in [9.17, 15) is 27.9 Å². The molecule has 0 fully saturated rings. The minimum atomic E-state index is -4.89. The molecule has 4 aromatic rings. The first-order valence-electron chi connectivity index (χ1n) is 11.4. The van der Waals surface area contributed by atoms with Crippen molar-refractivity contribution in [2.75, 3.05) is 10.2 Å². The SMILES string of the molecule is Cc1cc([C@@H](C)Nc2cnc(C(F)(F)F)nc2C(=O)O)c2oc(N3Cc4ccccc4C3)cc(=O)c2c1. The van der Waals surface area contributed by atoms with Crippen LogP contribution in [0.25, 0.3) is 11.0 Å². The fraction of sp³-hybridized carbons (Fsp3) is 0.231. The summed E-state index contributed by atoms with van der Waals surface area (Å²) < 4.78 is 45.3. The molecule has 190 valence electrons. The maximum atomic E-state index is 13.1. The zero-order valence-corrected chi connectivity index (χ0v) is 19.8. The molecule has 8 nitrogen and oxygen atoms in total.